The lowest BCUT2D eigenvalue weighted by Gasteiger charge is -2.28. The number of halogens is 1. The number of likely N-dealkylation sites (tertiary alicyclic amines) is 1. The Morgan fingerprint density at radius 2 is 1.89 bits per heavy atom. The summed E-state index contributed by atoms with van der Waals surface area (Å²) in [7, 11) is 4.38. The summed E-state index contributed by atoms with van der Waals surface area (Å²) in [6, 6.07) is 9.53. The summed E-state index contributed by atoms with van der Waals surface area (Å²) in [4.78, 5) is 4.98. The molecule has 106 valence electrons. The third-order valence-corrected chi connectivity index (χ3v) is 4.60. The average molecular weight is 281 g/mol. The molecule has 0 amide bonds. The van der Waals surface area contributed by atoms with E-state index in [1.807, 2.05) is 12.1 Å². The quantitative estimate of drug-likeness (QED) is 0.830. The molecular weight excluding hydrogens is 256 g/mol. The van der Waals surface area contributed by atoms with Crippen molar-refractivity contribution in [2.24, 2.45) is 5.92 Å². The van der Waals surface area contributed by atoms with Gasteiger partial charge in [0.25, 0.3) is 0 Å². The van der Waals surface area contributed by atoms with E-state index in [-0.39, 0.29) is 0 Å². The van der Waals surface area contributed by atoms with E-state index < -0.39 is 0 Å². The largest absolute Gasteiger partial charge is 0.305 e. The molecule has 3 heteroatoms. The van der Waals surface area contributed by atoms with Gasteiger partial charge >= 0.3 is 0 Å². The Morgan fingerprint density at radius 3 is 2.37 bits per heavy atom. The third-order valence-electron chi connectivity index (χ3n) is 4.35. The SMILES string of the molecule is CCC(c1ccc(Cl)cc1)N1CC(C)C(N(C)C)C1. The van der Waals surface area contributed by atoms with Crippen molar-refractivity contribution in [1.82, 2.24) is 9.80 Å². The normalized spacial score (nSPS) is 26.0. The van der Waals surface area contributed by atoms with Crippen LogP contribution in [0.25, 0.3) is 0 Å². The van der Waals surface area contributed by atoms with Crippen LogP contribution in [0.2, 0.25) is 5.02 Å². The molecule has 0 N–H and O–H groups in total. The van der Waals surface area contributed by atoms with Crippen molar-refractivity contribution in [3.63, 3.8) is 0 Å². The van der Waals surface area contributed by atoms with E-state index >= 15 is 0 Å². The molecule has 1 aromatic rings. The highest BCUT2D eigenvalue weighted by molar-refractivity contribution is 6.30. The molecule has 1 aliphatic heterocycles. The van der Waals surface area contributed by atoms with Gasteiger partial charge in [-0.05, 0) is 44.1 Å². The molecule has 0 radical (unpaired) electrons. The van der Waals surface area contributed by atoms with Crippen molar-refractivity contribution < 1.29 is 0 Å². The van der Waals surface area contributed by atoms with Gasteiger partial charge in [0.1, 0.15) is 0 Å². The molecular formula is C16H25ClN2. The first-order valence-electron chi connectivity index (χ1n) is 7.18. The number of likely N-dealkylation sites (N-methyl/N-ethyl adjacent to an activating group) is 1. The van der Waals surface area contributed by atoms with Gasteiger partial charge < -0.3 is 4.90 Å². The van der Waals surface area contributed by atoms with E-state index in [0.717, 1.165) is 23.9 Å². The Kier molecular flexibility index (Phi) is 4.88. The second-order valence-electron chi connectivity index (χ2n) is 5.94. The highest BCUT2D eigenvalue weighted by Crippen LogP contribution is 2.31. The molecule has 0 bridgehead atoms. The summed E-state index contributed by atoms with van der Waals surface area (Å²) in [6.45, 7) is 6.98. The van der Waals surface area contributed by atoms with E-state index in [2.05, 4.69) is 49.9 Å². The number of rotatable bonds is 4. The smallest absolute Gasteiger partial charge is 0.0406 e. The van der Waals surface area contributed by atoms with E-state index in [9.17, 15) is 0 Å². The van der Waals surface area contributed by atoms with E-state index in [1.54, 1.807) is 0 Å². The maximum Gasteiger partial charge on any atom is 0.0406 e. The maximum absolute atomic E-state index is 5.99. The zero-order valence-corrected chi connectivity index (χ0v) is 13.2. The molecule has 3 unspecified atom stereocenters. The van der Waals surface area contributed by atoms with Crippen LogP contribution in [-0.4, -0.2) is 43.0 Å². The molecule has 2 rings (SSSR count). The Balaban J connectivity index is 2.13. The molecule has 1 heterocycles. The van der Waals surface area contributed by atoms with Gasteiger partial charge in [-0.15, -0.1) is 0 Å². The van der Waals surface area contributed by atoms with Gasteiger partial charge in [-0.25, -0.2) is 0 Å². The van der Waals surface area contributed by atoms with Crippen molar-refractivity contribution >= 4 is 11.6 Å². The highest BCUT2D eigenvalue weighted by atomic mass is 35.5. The van der Waals surface area contributed by atoms with E-state index in [1.165, 1.54) is 12.1 Å². The Hall–Kier alpha value is -0.570. The van der Waals surface area contributed by atoms with Gasteiger partial charge in [0.05, 0.1) is 0 Å². The lowest BCUT2D eigenvalue weighted by atomic mass is 10.0. The predicted molar refractivity (Wildman–Crippen MR) is 82.7 cm³/mol. The Bertz CT molecular complexity index is 402. The van der Waals surface area contributed by atoms with Crippen molar-refractivity contribution in [1.29, 1.82) is 0 Å². The summed E-state index contributed by atoms with van der Waals surface area (Å²) in [5.41, 5.74) is 1.39. The van der Waals surface area contributed by atoms with Gasteiger partial charge in [0, 0.05) is 30.2 Å². The Labute approximate surface area is 122 Å². The fourth-order valence-corrected chi connectivity index (χ4v) is 3.43. The lowest BCUT2D eigenvalue weighted by Crippen LogP contribution is -2.35. The van der Waals surface area contributed by atoms with Crippen molar-refractivity contribution in [3.05, 3.63) is 34.9 Å². The molecule has 0 saturated carbocycles. The van der Waals surface area contributed by atoms with Crippen LogP contribution in [0.3, 0.4) is 0 Å². The minimum Gasteiger partial charge on any atom is -0.305 e. The van der Waals surface area contributed by atoms with Gasteiger partial charge in [0.2, 0.25) is 0 Å². The van der Waals surface area contributed by atoms with Crippen LogP contribution in [-0.2, 0) is 0 Å². The van der Waals surface area contributed by atoms with Crippen LogP contribution < -0.4 is 0 Å². The first kappa shape index (κ1) is 14.8. The third kappa shape index (κ3) is 3.31. The molecule has 19 heavy (non-hydrogen) atoms. The maximum atomic E-state index is 5.99. The molecule has 3 atom stereocenters. The summed E-state index contributed by atoms with van der Waals surface area (Å²) >= 11 is 5.99. The average Bonchev–Trinajstić information content (AvgIpc) is 2.75. The standard InChI is InChI=1S/C16H25ClN2/c1-5-15(13-6-8-14(17)9-7-13)19-10-12(2)16(11-19)18(3)4/h6-9,12,15-16H,5,10-11H2,1-4H3. The molecule has 1 aromatic carbocycles. The molecule has 0 aromatic heterocycles. The van der Waals surface area contributed by atoms with Gasteiger partial charge in [-0.3, -0.25) is 4.90 Å². The molecule has 1 fully saturated rings. The minimum absolute atomic E-state index is 0.518. The van der Waals surface area contributed by atoms with Gasteiger partial charge in [-0.2, -0.15) is 0 Å². The number of hydrogen-bond donors (Lipinski definition) is 0. The summed E-state index contributed by atoms with van der Waals surface area (Å²) in [5.74, 6) is 0.733. The van der Waals surface area contributed by atoms with E-state index in [0.29, 0.717) is 12.1 Å². The number of hydrogen-bond acceptors (Lipinski definition) is 2. The van der Waals surface area contributed by atoms with Gasteiger partial charge in [0.15, 0.2) is 0 Å². The van der Waals surface area contributed by atoms with Crippen molar-refractivity contribution in [2.45, 2.75) is 32.4 Å². The molecule has 0 spiro atoms. The van der Waals surface area contributed by atoms with Crippen LogP contribution in [0.4, 0.5) is 0 Å². The first-order valence-corrected chi connectivity index (χ1v) is 7.56. The van der Waals surface area contributed by atoms with Crippen LogP contribution in [0.15, 0.2) is 24.3 Å². The van der Waals surface area contributed by atoms with Crippen molar-refractivity contribution in [2.75, 3.05) is 27.2 Å². The minimum atomic E-state index is 0.518. The lowest BCUT2D eigenvalue weighted by molar-refractivity contribution is 0.212. The zero-order valence-electron chi connectivity index (χ0n) is 12.4. The van der Waals surface area contributed by atoms with Crippen LogP contribution in [0.5, 0.6) is 0 Å². The van der Waals surface area contributed by atoms with Crippen molar-refractivity contribution in [3.8, 4) is 0 Å². The van der Waals surface area contributed by atoms with Gasteiger partial charge in [-0.1, -0.05) is 37.6 Å². The zero-order chi connectivity index (χ0) is 14.0. The Morgan fingerprint density at radius 1 is 1.26 bits per heavy atom. The fourth-order valence-electron chi connectivity index (χ4n) is 3.30. The second kappa shape index (κ2) is 6.25. The molecule has 0 aliphatic carbocycles. The summed E-state index contributed by atoms with van der Waals surface area (Å²) < 4.78 is 0. The van der Waals surface area contributed by atoms with E-state index in [4.69, 9.17) is 11.6 Å². The number of nitrogens with zero attached hydrogens (tertiary/aromatic N) is 2. The summed E-state index contributed by atoms with van der Waals surface area (Å²) in [6.07, 6.45) is 1.15. The predicted octanol–water partition coefficient (Wildman–Crippen LogP) is 3.67. The molecule has 1 aliphatic rings. The summed E-state index contributed by atoms with van der Waals surface area (Å²) in [5, 5.41) is 0.819. The number of benzene rings is 1. The second-order valence-corrected chi connectivity index (χ2v) is 6.37. The topological polar surface area (TPSA) is 6.48 Å². The highest BCUT2D eigenvalue weighted by Gasteiger charge is 2.34. The van der Waals surface area contributed by atoms with Crippen LogP contribution in [0.1, 0.15) is 31.9 Å². The fraction of sp³-hybridized carbons (Fsp3) is 0.625. The molecule has 1 saturated heterocycles. The molecule has 2 nitrogen and oxygen atoms in total. The van der Waals surface area contributed by atoms with Crippen LogP contribution >= 0.6 is 11.6 Å². The monoisotopic (exact) mass is 280 g/mol. The van der Waals surface area contributed by atoms with Crippen LogP contribution in [0, 0.1) is 5.92 Å². The first-order chi connectivity index (χ1) is 9.02.